The van der Waals surface area contributed by atoms with Crippen LogP contribution < -0.4 is 10.1 Å². The summed E-state index contributed by atoms with van der Waals surface area (Å²) in [6.07, 6.45) is 11.0. The fraction of sp³-hybridized carbons (Fsp3) is 0.431. The van der Waals surface area contributed by atoms with Gasteiger partial charge in [-0.1, -0.05) is 136 Å². The van der Waals surface area contributed by atoms with E-state index >= 15 is 0 Å². The van der Waals surface area contributed by atoms with Crippen molar-refractivity contribution in [3.8, 4) is 17.6 Å². The number of Topliss-reactive ketones (excluding diaryl/α,β-unsaturated/α-hetero) is 3. The number of carbonyl (C=O) groups excluding carboxylic acids is 6. The van der Waals surface area contributed by atoms with Crippen LogP contribution in [0, 0.1) is 17.8 Å². The van der Waals surface area contributed by atoms with E-state index < -0.39 is 72.6 Å². The zero-order valence-electron chi connectivity index (χ0n) is 36.9. The van der Waals surface area contributed by atoms with Crippen molar-refractivity contribution < 1.29 is 58.0 Å². The number of ether oxygens (including phenoxy) is 3. The molecule has 0 aromatic heterocycles. The Kier molecular flexibility index (Phi) is 23.6. The molecule has 0 heterocycles. The molecule has 0 aliphatic rings. The molecule has 0 aliphatic heterocycles. The van der Waals surface area contributed by atoms with Gasteiger partial charge in [0, 0.05) is 30.4 Å². The van der Waals surface area contributed by atoms with E-state index in [0.717, 1.165) is 44.9 Å². The highest BCUT2D eigenvalue weighted by Gasteiger charge is 2.49. The van der Waals surface area contributed by atoms with E-state index in [9.17, 15) is 43.8 Å². The number of aliphatic hydroxyl groups is 1. The summed E-state index contributed by atoms with van der Waals surface area (Å²) in [4.78, 5) is 91.7. The van der Waals surface area contributed by atoms with Crippen LogP contribution in [0.15, 0.2) is 97.1 Å². The molecule has 0 spiro atoms. The second kappa shape index (κ2) is 29.1. The normalized spacial score (nSPS) is 12.7. The Balaban J connectivity index is 1.81. The predicted molar refractivity (Wildman–Crippen MR) is 240 cm³/mol. The lowest BCUT2D eigenvalue weighted by Gasteiger charge is -2.30. The summed E-state index contributed by atoms with van der Waals surface area (Å²) in [6, 6.07) is 21.1. The number of carboxylic acids is 1. The third-order valence-corrected chi connectivity index (χ3v) is 10.4. The monoisotopic (exact) mass is 879 g/mol. The van der Waals surface area contributed by atoms with Crippen LogP contribution in [0.4, 0.5) is 0 Å². The molecule has 0 radical (unpaired) electrons. The molecule has 0 aliphatic carbocycles. The Hall–Kier alpha value is -6.39. The number of rotatable bonds is 31. The summed E-state index contributed by atoms with van der Waals surface area (Å²) in [5.41, 5.74) is -2.06. The van der Waals surface area contributed by atoms with Gasteiger partial charge < -0.3 is 29.7 Å². The zero-order valence-corrected chi connectivity index (χ0v) is 36.9. The summed E-state index contributed by atoms with van der Waals surface area (Å²) in [5, 5.41) is 24.7. The van der Waals surface area contributed by atoms with E-state index in [1.54, 1.807) is 79.7 Å². The quantitative estimate of drug-likeness (QED) is 0.0188. The van der Waals surface area contributed by atoms with Gasteiger partial charge >= 0.3 is 17.9 Å². The molecule has 0 saturated carbocycles. The average molecular weight is 880 g/mol. The van der Waals surface area contributed by atoms with Gasteiger partial charge in [0.15, 0.2) is 30.4 Å². The summed E-state index contributed by atoms with van der Waals surface area (Å²) in [7, 11) is 0. The van der Waals surface area contributed by atoms with Gasteiger partial charge in [0.1, 0.15) is 24.2 Å². The van der Waals surface area contributed by atoms with Crippen LogP contribution in [0.25, 0.3) is 0 Å². The number of nitrogens with one attached hydrogen (secondary N) is 1. The molecule has 342 valence electrons. The number of benzene rings is 3. The minimum Gasteiger partial charge on any atom is -0.481 e. The number of esters is 2. The first-order chi connectivity index (χ1) is 30.9. The van der Waals surface area contributed by atoms with Gasteiger partial charge in [-0.05, 0) is 50.3 Å². The molecule has 13 nitrogen and oxygen atoms in total. The van der Waals surface area contributed by atoms with Gasteiger partial charge in [-0.15, -0.1) is 5.92 Å². The Morgan fingerprint density at radius 2 is 1.30 bits per heavy atom. The van der Waals surface area contributed by atoms with Crippen molar-refractivity contribution in [2.45, 2.75) is 115 Å². The molecule has 3 N–H and O–H groups in total. The van der Waals surface area contributed by atoms with Gasteiger partial charge in [-0.25, -0.2) is 9.59 Å². The van der Waals surface area contributed by atoms with Gasteiger partial charge in [0.2, 0.25) is 5.91 Å². The Morgan fingerprint density at radius 1 is 0.734 bits per heavy atom. The van der Waals surface area contributed by atoms with Crippen molar-refractivity contribution in [3.05, 3.63) is 114 Å². The molecule has 0 saturated heterocycles. The SMILES string of the molecule is CC#CCOc1ccc(C[C@H](NC(=O)[C@@H](C=CCCCCCCC(=O)CCCCCCC)[C@@](O)(CC(=O)OCC(=O)c2ccccc2)C(=O)O)C(=O)OCC(=O)c2ccccc2)cc1. The van der Waals surface area contributed by atoms with Gasteiger partial charge in [0.05, 0.1) is 12.3 Å². The third kappa shape index (κ3) is 18.9. The maximum absolute atomic E-state index is 14.3. The standard InChI is InChI=1S/C51H61NO12/c1-3-5-7-10-19-26-41(53)27-20-11-8-9-12-21-28-43(51(61,50(59)60)35-47(56)63-36-45(54)39-22-15-13-16-23-39)48(57)52-44(34-38-29-31-42(32-30-38)62-33-6-4-2)49(58)64-37-46(55)40-24-17-14-18-25-40/h13-18,21-25,28-32,43-44,61H,3,5,7-12,19-20,26-27,33-37H2,1-2H3,(H,52,57)(H,59,60)/t43-,44+,51+/m1/s1. The lowest BCUT2D eigenvalue weighted by Crippen LogP contribution is -2.55. The number of hydrogen-bond donors (Lipinski definition) is 3. The molecule has 3 atom stereocenters. The number of aliphatic carboxylic acids is 1. The van der Waals surface area contributed by atoms with Crippen molar-refractivity contribution in [2.75, 3.05) is 19.8 Å². The molecular formula is C51H61NO12. The Morgan fingerprint density at radius 3 is 1.86 bits per heavy atom. The van der Waals surface area contributed by atoms with Gasteiger partial charge in [0.25, 0.3) is 0 Å². The number of unbranched alkanes of at least 4 members (excludes halogenated alkanes) is 8. The molecule has 1 amide bonds. The van der Waals surface area contributed by atoms with Crippen molar-refractivity contribution in [1.82, 2.24) is 5.32 Å². The summed E-state index contributed by atoms with van der Waals surface area (Å²) < 4.78 is 16.0. The first-order valence-electron chi connectivity index (χ1n) is 21.9. The molecule has 64 heavy (non-hydrogen) atoms. The first-order valence-corrected chi connectivity index (χ1v) is 21.9. The molecule has 0 bridgehead atoms. The minimum absolute atomic E-state index is 0.148. The lowest BCUT2D eigenvalue weighted by molar-refractivity contribution is -0.173. The van der Waals surface area contributed by atoms with Crippen molar-refractivity contribution >= 4 is 41.2 Å². The fourth-order valence-corrected chi connectivity index (χ4v) is 6.68. The second-order valence-corrected chi connectivity index (χ2v) is 15.4. The topological polar surface area (TPSA) is 200 Å². The van der Waals surface area contributed by atoms with Crippen LogP contribution in [0.1, 0.15) is 124 Å². The predicted octanol–water partition coefficient (Wildman–Crippen LogP) is 7.62. The largest absolute Gasteiger partial charge is 0.481 e. The third-order valence-electron chi connectivity index (χ3n) is 10.4. The second-order valence-electron chi connectivity index (χ2n) is 15.4. The number of carboxylic acid groups (broad SMARTS) is 1. The van der Waals surface area contributed by atoms with E-state index in [4.69, 9.17) is 14.2 Å². The minimum atomic E-state index is -3.11. The summed E-state index contributed by atoms with van der Waals surface area (Å²) in [6.45, 7) is 2.56. The van der Waals surface area contributed by atoms with Crippen LogP contribution in [0.2, 0.25) is 0 Å². The highest BCUT2D eigenvalue weighted by Crippen LogP contribution is 2.27. The molecule has 3 aromatic carbocycles. The van der Waals surface area contributed by atoms with E-state index in [-0.39, 0.29) is 29.9 Å². The van der Waals surface area contributed by atoms with Crippen molar-refractivity contribution in [3.63, 3.8) is 0 Å². The van der Waals surface area contributed by atoms with Crippen LogP contribution in [0.5, 0.6) is 5.75 Å². The molecular weight excluding hydrogens is 819 g/mol. The lowest BCUT2D eigenvalue weighted by atomic mass is 9.82. The van der Waals surface area contributed by atoms with Crippen LogP contribution in [-0.4, -0.2) is 82.8 Å². The Bertz CT molecular complexity index is 2050. The Labute approximate surface area is 376 Å². The van der Waals surface area contributed by atoms with Crippen LogP contribution >= 0.6 is 0 Å². The highest BCUT2D eigenvalue weighted by atomic mass is 16.5. The molecule has 0 fully saturated rings. The smallest absolute Gasteiger partial charge is 0.337 e. The summed E-state index contributed by atoms with van der Waals surface area (Å²) >= 11 is 0. The number of carbonyl (C=O) groups is 7. The molecule has 3 rings (SSSR count). The van der Waals surface area contributed by atoms with E-state index in [1.165, 1.54) is 30.7 Å². The first kappa shape index (κ1) is 52.0. The molecule has 0 unspecified atom stereocenters. The highest BCUT2D eigenvalue weighted by molar-refractivity contribution is 6.00. The zero-order chi connectivity index (χ0) is 46.6. The molecule has 3 aromatic rings. The maximum Gasteiger partial charge on any atom is 0.337 e. The van der Waals surface area contributed by atoms with Crippen molar-refractivity contribution in [1.29, 1.82) is 0 Å². The maximum atomic E-state index is 14.3. The van der Waals surface area contributed by atoms with Gasteiger partial charge in [-0.2, -0.15) is 0 Å². The van der Waals surface area contributed by atoms with E-state index in [2.05, 4.69) is 24.1 Å². The summed E-state index contributed by atoms with van der Waals surface area (Å²) in [5.74, 6) is -2.16. The molecule has 13 heteroatoms. The number of ketones is 3. The van der Waals surface area contributed by atoms with Crippen LogP contribution in [-0.2, 0) is 39.9 Å². The van der Waals surface area contributed by atoms with E-state index in [0.29, 0.717) is 37.0 Å². The number of amides is 1. The number of allylic oxidation sites excluding steroid dienone is 1. The number of hydrogen-bond acceptors (Lipinski definition) is 11. The van der Waals surface area contributed by atoms with Gasteiger partial charge in [-0.3, -0.25) is 24.0 Å². The fourth-order valence-electron chi connectivity index (χ4n) is 6.68. The van der Waals surface area contributed by atoms with Crippen molar-refractivity contribution in [2.24, 2.45) is 5.92 Å². The average Bonchev–Trinajstić information content (AvgIpc) is 3.30. The van der Waals surface area contributed by atoms with Crippen LogP contribution in [0.3, 0.4) is 0 Å². The van der Waals surface area contributed by atoms with E-state index in [1.807, 2.05) is 0 Å².